The number of nitrogens with zero attached hydrogens (tertiary/aromatic N) is 1. The van der Waals surface area contributed by atoms with Gasteiger partial charge in [0.1, 0.15) is 5.75 Å². The van der Waals surface area contributed by atoms with E-state index in [4.69, 9.17) is 4.74 Å². The number of rotatable bonds is 6. The minimum Gasteiger partial charge on any atom is -0.496 e. The van der Waals surface area contributed by atoms with Gasteiger partial charge in [0.25, 0.3) is 0 Å². The summed E-state index contributed by atoms with van der Waals surface area (Å²) in [5, 5.41) is 3.14. The first-order chi connectivity index (χ1) is 7.67. The van der Waals surface area contributed by atoms with Gasteiger partial charge in [0.15, 0.2) is 0 Å². The van der Waals surface area contributed by atoms with E-state index in [-0.39, 0.29) is 0 Å². The van der Waals surface area contributed by atoms with Gasteiger partial charge in [-0.25, -0.2) is 0 Å². The lowest BCUT2D eigenvalue weighted by Crippen LogP contribution is -2.26. The van der Waals surface area contributed by atoms with E-state index < -0.39 is 0 Å². The van der Waals surface area contributed by atoms with Gasteiger partial charge in [-0.1, -0.05) is 6.07 Å². The fraction of sp³-hybridized carbons (Fsp3) is 0.500. The molecule has 1 rings (SSSR count). The number of nitrogens with one attached hydrogen (secondary N) is 1. The lowest BCUT2D eigenvalue weighted by molar-refractivity contribution is 0.327. The van der Waals surface area contributed by atoms with Crippen molar-refractivity contribution in [2.45, 2.75) is 6.54 Å². The highest BCUT2D eigenvalue weighted by molar-refractivity contribution is 9.10. The molecule has 0 heterocycles. The van der Waals surface area contributed by atoms with Gasteiger partial charge in [-0.3, -0.25) is 0 Å². The van der Waals surface area contributed by atoms with Crippen LogP contribution in [0.4, 0.5) is 0 Å². The van der Waals surface area contributed by atoms with Crippen LogP contribution in [0.3, 0.4) is 0 Å². The van der Waals surface area contributed by atoms with E-state index in [1.807, 2.05) is 13.1 Å². The maximum Gasteiger partial charge on any atom is 0.133 e. The van der Waals surface area contributed by atoms with Crippen LogP contribution in [0.1, 0.15) is 5.56 Å². The normalized spacial score (nSPS) is 10.8. The van der Waals surface area contributed by atoms with Crippen molar-refractivity contribution in [3.63, 3.8) is 0 Å². The van der Waals surface area contributed by atoms with Gasteiger partial charge < -0.3 is 15.0 Å². The zero-order chi connectivity index (χ0) is 12.0. The first-order valence-electron chi connectivity index (χ1n) is 5.33. The van der Waals surface area contributed by atoms with Crippen molar-refractivity contribution in [3.8, 4) is 5.75 Å². The van der Waals surface area contributed by atoms with Gasteiger partial charge in [0, 0.05) is 19.6 Å². The highest BCUT2D eigenvalue weighted by Crippen LogP contribution is 2.25. The summed E-state index contributed by atoms with van der Waals surface area (Å²) in [4.78, 5) is 2.28. The Morgan fingerprint density at radius 2 is 2.19 bits per heavy atom. The minimum atomic E-state index is 0.888. The third-order valence-electron chi connectivity index (χ3n) is 2.41. The molecule has 4 heteroatoms. The Morgan fingerprint density at radius 3 is 2.81 bits per heavy atom. The second-order valence-corrected chi connectivity index (χ2v) is 4.66. The second-order valence-electron chi connectivity index (χ2n) is 3.81. The smallest absolute Gasteiger partial charge is 0.133 e. The number of hydrogen-bond acceptors (Lipinski definition) is 3. The summed E-state index contributed by atoms with van der Waals surface area (Å²) in [5.74, 6) is 0.888. The standard InChI is InChI=1S/C12H19BrN2O/c1-14-6-7-15(2)9-10-4-5-11(13)12(8-10)16-3/h4-5,8,14H,6-7,9H2,1-3H3. The molecular formula is C12H19BrN2O. The predicted molar refractivity (Wildman–Crippen MR) is 71.0 cm³/mol. The van der Waals surface area contributed by atoms with Crippen LogP contribution in [0.25, 0.3) is 0 Å². The van der Waals surface area contributed by atoms with Crippen LogP contribution in [0.2, 0.25) is 0 Å². The molecule has 0 aliphatic rings. The zero-order valence-corrected chi connectivity index (χ0v) is 11.7. The predicted octanol–water partition coefficient (Wildman–Crippen LogP) is 2.11. The molecule has 0 saturated heterocycles. The number of benzene rings is 1. The minimum absolute atomic E-state index is 0.888. The van der Waals surface area contributed by atoms with E-state index in [2.05, 4.69) is 45.3 Å². The Balaban J connectivity index is 2.59. The summed E-state index contributed by atoms with van der Waals surface area (Å²) in [6.07, 6.45) is 0. The summed E-state index contributed by atoms with van der Waals surface area (Å²) in [6.45, 7) is 2.98. The molecule has 1 aromatic rings. The molecule has 90 valence electrons. The molecule has 3 nitrogen and oxygen atoms in total. The lowest BCUT2D eigenvalue weighted by atomic mass is 10.2. The van der Waals surface area contributed by atoms with Gasteiger partial charge >= 0.3 is 0 Å². The summed E-state index contributed by atoms with van der Waals surface area (Å²) in [7, 11) is 5.77. The highest BCUT2D eigenvalue weighted by Gasteiger charge is 2.04. The third kappa shape index (κ3) is 4.12. The molecule has 0 amide bonds. The van der Waals surface area contributed by atoms with Gasteiger partial charge in [-0.2, -0.15) is 0 Å². The molecule has 0 unspecified atom stereocenters. The van der Waals surface area contributed by atoms with Crippen LogP contribution >= 0.6 is 15.9 Å². The van der Waals surface area contributed by atoms with Crippen LogP contribution in [0.15, 0.2) is 22.7 Å². The molecule has 1 N–H and O–H groups in total. The van der Waals surface area contributed by atoms with Crippen molar-refractivity contribution >= 4 is 15.9 Å². The fourth-order valence-corrected chi connectivity index (χ4v) is 1.90. The van der Waals surface area contributed by atoms with E-state index in [0.29, 0.717) is 0 Å². The Bertz CT molecular complexity index is 331. The van der Waals surface area contributed by atoms with E-state index in [1.165, 1.54) is 5.56 Å². The van der Waals surface area contributed by atoms with Gasteiger partial charge in [0.2, 0.25) is 0 Å². The average molecular weight is 287 g/mol. The Labute approximate surface area is 106 Å². The number of likely N-dealkylation sites (N-methyl/N-ethyl adjacent to an activating group) is 2. The SMILES string of the molecule is CNCCN(C)Cc1ccc(Br)c(OC)c1. The zero-order valence-electron chi connectivity index (χ0n) is 10.1. The van der Waals surface area contributed by atoms with Crippen LogP contribution in [-0.4, -0.2) is 39.2 Å². The summed E-state index contributed by atoms with van der Waals surface area (Å²) >= 11 is 3.45. The average Bonchev–Trinajstić information content (AvgIpc) is 2.29. The molecule has 0 aliphatic carbocycles. The summed E-state index contributed by atoms with van der Waals surface area (Å²) < 4.78 is 6.27. The van der Waals surface area contributed by atoms with Crippen molar-refractivity contribution < 1.29 is 4.74 Å². The van der Waals surface area contributed by atoms with Crippen molar-refractivity contribution in [1.82, 2.24) is 10.2 Å². The van der Waals surface area contributed by atoms with Crippen molar-refractivity contribution in [1.29, 1.82) is 0 Å². The largest absolute Gasteiger partial charge is 0.496 e. The molecule has 0 fully saturated rings. The first-order valence-corrected chi connectivity index (χ1v) is 6.12. The van der Waals surface area contributed by atoms with Crippen molar-refractivity contribution in [2.75, 3.05) is 34.3 Å². The molecule has 0 aromatic heterocycles. The third-order valence-corrected chi connectivity index (χ3v) is 3.07. The molecule has 0 radical (unpaired) electrons. The molecule has 0 bridgehead atoms. The van der Waals surface area contributed by atoms with Gasteiger partial charge in [-0.05, 0) is 47.7 Å². The van der Waals surface area contributed by atoms with Gasteiger partial charge in [-0.15, -0.1) is 0 Å². The molecule has 1 aromatic carbocycles. The quantitative estimate of drug-likeness (QED) is 0.867. The van der Waals surface area contributed by atoms with Crippen molar-refractivity contribution in [2.24, 2.45) is 0 Å². The van der Waals surface area contributed by atoms with Crippen LogP contribution in [0, 0.1) is 0 Å². The fourth-order valence-electron chi connectivity index (χ4n) is 1.50. The molecule has 0 atom stereocenters. The maximum atomic E-state index is 5.27. The topological polar surface area (TPSA) is 24.5 Å². The molecule has 0 spiro atoms. The Hall–Kier alpha value is -0.580. The number of ether oxygens (including phenoxy) is 1. The molecule has 0 saturated carbocycles. The van der Waals surface area contributed by atoms with Crippen LogP contribution in [-0.2, 0) is 6.54 Å². The first kappa shape index (κ1) is 13.5. The van der Waals surface area contributed by atoms with E-state index in [0.717, 1.165) is 29.9 Å². The molecule has 16 heavy (non-hydrogen) atoms. The molecule has 0 aliphatic heterocycles. The van der Waals surface area contributed by atoms with Crippen molar-refractivity contribution in [3.05, 3.63) is 28.2 Å². The van der Waals surface area contributed by atoms with Crippen LogP contribution in [0.5, 0.6) is 5.75 Å². The maximum absolute atomic E-state index is 5.27. The second kappa shape index (κ2) is 6.89. The Kier molecular flexibility index (Phi) is 5.80. The monoisotopic (exact) mass is 286 g/mol. The van der Waals surface area contributed by atoms with Gasteiger partial charge in [0.05, 0.1) is 11.6 Å². The summed E-state index contributed by atoms with van der Waals surface area (Å²) in [5.41, 5.74) is 1.26. The van der Waals surface area contributed by atoms with E-state index in [1.54, 1.807) is 7.11 Å². The number of methoxy groups -OCH3 is 1. The molecular weight excluding hydrogens is 268 g/mol. The number of halogens is 1. The number of hydrogen-bond donors (Lipinski definition) is 1. The van der Waals surface area contributed by atoms with E-state index in [9.17, 15) is 0 Å². The lowest BCUT2D eigenvalue weighted by Gasteiger charge is -2.17. The summed E-state index contributed by atoms with van der Waals surface area (Å²) in [6, 6.07) is 6.21. The van der Waals surface area contributed by atoms with E-state index >= 15 is 0 Å². The Morgan fingerprint density at radius 1 is 1.44 bits per heavy atom. The van der Waals surface area contributed by atoms with Crippen LogP contribution < -0.4 is 10.1 Å². The highest BCUT2D eigenvalue weighted by atomic mass is 79.9.